The first-order chi connectivity index (χ1) is 14.7. The highest BCUT2D eigenvalue weighted by Crippen LogP contribution is 2.51. The molecule has 1 N–H and O–H groups in total. The zero-order valence-corrected chi connectivity index (χ0v) is 17.0. The Morgan fingerprint density at radius 2 is 2.07 bits per heavy atom. The number of benzene rings is 2. The van der Waals surface area contributed by atoms with Crippen molar-refractivity contribution in [3.63, 3.8) is 0 Å². The Labute approximate surface area is 180 Å². The van der Waals surface area contributed by atoms with Gasteiger partial charge < -0.3 is 10.1 Å². The third-order valence-corrected chi connectivity index (χ3v) is 6.50. The molecule has 2 aliphatic heterocycles. The first-order valence-electron chi connectivity index (χ1n) is 9.35. The predicted octanol–water partition coefficient (Wildman–Crippen LogP) is 5.69. The second-order valence-corrected chi connectivity index (χ2v) is 8.51. The molecule has 6 rings (SSSR count). The molecule has 0 bridgehead atoms. The number of fused-ring (bicyclic) bond motifs is 3. The average Bonchev–Trinajstić information content (AvgIpc) is 3.44. The van der Waals surface area contributed by atoms with E-state index in [1.54, 1.807) is 23.5 Å². The van der Waals surface area contributed by atoms with E-state index in [4.69, 9.17) is 16.3 Å². The molecule has 4 heterocycles. The van der Waals surface area contributed by atoms with Crippen LogP contribution in [-0.2, 0) is 0 Å². The van der Waals surface area contributed by atoms with Crippen LogP contribution in [0.5, 0.6) is 5.75 Å². The smallest absolute Gasteiger partial charge is 0.226 e. The van der Waals surface area contributed by atoms with Gasteiger partial charge in [-0.05, 0) is 47.3 Å². The Kier molecular flexibility index (Phi) is 3.94. The van der Waals surface area contributed by atoms with Gasteiger partial charge in [0.05, 0.1) is 5.70 Å². The highest BCUT2D eigenvalue weighted by atomic mass is 35.5. The van der Waals surface area contributed by atoms with E-state index in [-0.39, 0.29) is 11.9 Å². The van der Waals surface area contributed by atoms with Crippen molar-refractivity contribution in [3.05, 3.63) is 98.7 Å². The lowest BCUT2D eigenvalue weighted by Gasteiger charge is -2.38. The number of nitrogens with zero attached hydrogens (tertiary/aromatic N) is 3. The summed E-state index contributed by atoms with van der Waals surface area (Å²) in [5.41, 5.74) is 3.39. The van der Waals surface area contributed by atoms with Crippen LogP contribution in [0.25, 0.3) is 5.70 Å². The minimum atomic E-state index is -0.499. The molecule has 2 aromatic carbocycles. The number of hydrogen-bond donors (Lipinski definition) is 1. The molecule has 0 saturated heterocycles. The molecule has 4 aromatic rings. The lowest BCUT2D eigenvalue weighted by molar-refractivity contribution is 0.223. The van der Waals surface area contributed by atoms with Crippen LogP contribution in [-0.4, -0.2) is 14.8 Å². The van der Waals surface area contributed by atoms with Crippen molar-refractivity contribution < 1.29 is 9.13 Å². The van der Waals surface area contributed by atoms with Gasteiger partial charge in [-0.3, -0.25) is 0 Å². The van der Waals surface area contributed by atoms with Crippen LogP contribution in [0.3, 0.4) is 0 Å². The van der Waals surface area contributed by atoms with E-state index in [9.17, 15) is 4.39 Å². The molecule has 0 unspecified atom stereocenters. The predicted molar refractivity (Wildman–Crippen MR) is 114 cm³/mol. The molecule has 0 saturated carbocycles. The molecule has 0 aliphatic carbocycles. The topological polar surface area (TPSA) is 52.0 Å². The van der Waals surface area contributed by atoms with Crippen LogP contribution in [0.4, 0.5) is 10.3 Å². The number of ether oxygens (including phenoxy) is 1. The first-order valence-corrected chi connectivity index (χ1v) is 10.6. The van der Waals surface area contributed by atoms with Crippen LogP contribution in [0, 0.1) is 5.82 Å². The molecule has 2 atom stereocenters. The Morgan fingerprint density at radius 1 is 1.13 bits per heavy atom. The fraction of sp³-hybridized carbons (Fsp3) is 0.0909. The third-order valence-electron chi connectivity index (χ3n) is 5.34. The van der Waals surface area contributed by atoms with Crippen molar-refractivity contribution in [1.82, 2.24) is 14.8 Å². The fourth-order valence-corrected chi connectivity index (χ4v) is 5.11. The molecule has 5 nitrogen and oxygen atoms in total. The average molecular weight is 437 g/mol. The molecule has 0 spiro atoms. The van der Waals surface area contributed by atoms with Gasteiger partial charge in [-0.1, -0.05) is 29.8 Å². The normalized spacial score (nSPS) is 19.4. The monoisotopic (exact) mass is 436 g/mol. The molecule has 0 radical (unpaired) electrons. The van der Waals surface area contributed by atoms with Crippen LogP contribution in [0.1, 0.15) is 28.1 Å². The Hall–Kier alpha value is -3.16. The standard InChI is InChI=1S/C22H14ClFN4OS/c23-13-6-7-16-15(10-13)19-18(21(29-16)12-3-1-4-14(24)9-12)20(17-5-2-8-30-17)28-22(27-19)25-11-26-28/h1-11,20-21H,(H,25,26,27)/t20-,21+/m1/s1. The minimum Gasteiger partial charge on any atom is -0.480 e. The molecule has 0 fully saturated rings. The van der Waals surface area contributed by atoms with E-state index in [2.05, 4.69) is 21.5 Å². The van der Waals surface area contributed by atoms with Crippen molar-refractivity contribution in [3.8, 4) is 5.75 Å². The molecular weight excluding hydrogens is 423 g/mol. The summed E-state index contributed by atoms with van der Waals surface area (Å²) < 4.78 is 22.4. The second-order valence-electron chi connectivity index (χ2n) is 7.09. The fourth-order valence-electron chi connectivity index (χ4n) is 4.11. The maximum atomic E-state index is 14.1. The number of rotatable bonds is 2. The van der Waals surface area contributed by atoms with E-state index >= 15 is 0 Å². The maximum Gasteiger partial charge on any atom is 0.226 e. The summed E-state index contributed by atoms with van der Waals surface area (Å²) in [5, 5.41) is 10.5. The highest BCUT2D eigenvalue weighted by Gasteiger charge is 2.41. The van der Waals surface area contributed by atoms with E-state index in [0.717, 1.165) is 27.3 Å². The third kappa shape index (κ3) is 2.66. The molecule has 0 amide bonds. The van der Waals surface area contributed by atoms with Crippen molar-refractivity contribution in [1.29, 1.82) is 0 Å². The van der Waals surface area contributed by atoms with Gasteiger partial charge in [-0.2, -0.15) is 10.1 Å². The van der Waals surface area contributed by atoms with Gasteiger partial charge in [0, 0.05) is 21.0 Å². The first kappa shape index (κ1) is 17.7. The number of anilines is 1. The van der Waals surface area contributed by atoms with Gasteiger partial charge in [-0.15, -0.1) is 11.3 Å². The van der Waals surface area contributed by atoms with Crippen LogP contribution >= 0.6 is 22.9 Å². The summed E-state index contributed by atoms with van der Waals surface area (Å²) in [4.78, 5) is 5.48. The van der Waals surface area contributed by atoms with Gasteiger partial charge in [0.25, 0.3) is 0 Å². The van der Waals surface area contributed by atoms with Crippen LogP contribution < -0.4 is 10.1 Å². The van der Waals surface area contributed by atoms with E-state index in [1.165, 1.54) is 18.5 Å². The molecule has 30 heavy (non-hydrogen) atoms. The van der Waals surface area contributed by atoms with Crippen molar-refractivity contribution in [2.75, 3.05) is 5.32 Å². The van der Waals surface area contributed by atoms with Crippen molar-refractivity contribution in [2.24, 2.45) is 0 Å². The quantitative estimate of drug-likeness (QED) is 0.438. The molecule has 148 valence electrons. The van der Waals surface area contributed by atoms with Crippen LogP contribution in [0.15, 0.2) is 71.9 Å². The second kappa shape index (κ2) is 6.68. The summed E-state index contributed by atoms with van der Waals surface area (Å²) in [6, 6.07) is 15.9. The van der Waals surface area contributed by atoms with Gasteiger partial charge >= 0.3 is 0 Å². The van der Waals surface area contributed by atoms with Crippen LogP contribution in [0.2, 0.25) is 5.02 Å². The number of aromatic nitrogens is 3. The van der Waals surface area contributed by atoms with Crippen molar-refractivity contribution in [2.45, 2.75) is 12.1 Å². The highest BCUT2D eigenvalue weighted by molar-refractivity contribution is 7.10. The van der Waals surface area contributed by atoms with Gasteiger partial charge in [0.2, 0.25) is 5.95 Å². The number of nitrogens with one attached hydrogen (secondary N) is 1. The Morgan fingerprint density at radius 3 is 2.90 bits per heavy atom. The zero-order valence-electron chi connectivity index (χ0n) is 15.4. The molecule has 8 heteroatoms. The molecule has 2 aliphatic rings. The van der Waals surface area contributed by atoms with Gasteiger partial charge in [0.15, 0.2) is 0 Å². The van der Waals surface area contributed by atoms with Gasteiger partial charge in [-0.25, -0.2) is 9.07 Å². The van der Waals surface area contributed by atoms with E-state index in [1.807, 2.05) is 34.3 Å². The summed E-state index contributed by atoms with van der Waals surface area (Å²) in [6.07, 6.45) is 1.03. The summed E-state index contributed by atoms with van der Waals surface area (Å²) in [7, 11) is 0. The maximum absolute atomic E-state index is 14.1. The molecule has 2 aromatic heterocycles. The Balaban J connectivity index is 1.65. The summed E-state index contributed by atoms with van der Waals surface area (Å²) in [5.74, 6) is 1.01. The van der Waals surface area contributed by atoms with Gasteiger partial charge in [0.1, 0.15) is 30.0 Å². The largest absolute Gasteiger partial charge is 0.480 e. The van der Waals surface area contributed by atoms with Crippen molar-refractivity contribution >= 4 is 34.6 Å². The Bertz CT molecular complexity index is 1300. The van der Waals surface area contributed by atoms with E-state index < -0.39 is 6.10 Å². The zero-order chi connectivity index (χ0) is 20.2. The lowest BCUT2D eigenvalue weighted by Crippen LogP contribution is -2.32. The number of thiophene rings is 1. The minimum absolute atomic E-state index is 0.237. The SMILES string of the molecule is Fc1cccc([C@@H]2Oc3ccc(Cl)cc3C3=C2[C@@H](c2cccs2)n2ncnc2N3)c1. The summed E-state index contributed by atoms with van der Waals surface area (Å²) in [6.45, 7) is 0. The number of halogens is 2. The lowest BCUT2D eigenvalue weighted by atomic mass is 9.87. The number of hydrogen-bond acceptors (Lipinski definition) is 5. The molecular formula is C22H14ClFN4OS. The van der Waals surface area contributed by atoms with E-state index in [0.29, 0.717) is 16.7 Å². The summed E-state index contributed by atoms with van der Waals surface area (Å²) >= 11 is 7.94.